The van der Waals surface area contributed by atoms with Crippen LogP contribution in [0.2, 0.25) is 0 Å². The summed E-state index contributed by atoms with van der Waals surface area (Å²) in [4.78, 5) is 16.6. The topological polar surface area (TPSA) is 67.8 Å². The van der Waals surface area contributed by atoms with Crippen LogP contribution in [0, 0.1) is 0 Å². The quantitative estimate of drug-likeness (QED) is 0.744. The van der Waals surface area contributed by atoms with Gasteiger partial charge in [-0.15, -0.1) is 10.2 Å². The zero-order valence-electron chi connectivity index (χ0n) is 15.9. The molecule has 0 aliphatic carbocycles. The Kier molecular flexibility index (Phi) is 6.46. The van der Waals surface area contributed by atoms with Crippen LogP contribution in [0.4, 0.5) is 5.82 Å². The number of rotatable bonds is 7. The summed E-state index contributed by atoms with van der Waals surface area (Å²) in [6.07, 6.45) is 0.412. The molecule has 1 aromatic heterocycles. The maximum atomic E-state index is 12.6. The van der Waals surface area contributed by atoms with Crippen molar-refractivity contribution in [3.63, 3.8) is 0 Å². The molecule has 0 N–H and O–H groups in total. The van der Waals surface area contributed by atoms with Gasteiger partial charge in [-0.2, -0.15) is 0 Å². The third-order valence-corrected chi connectivity index (χ3v) is 4.46. The fourth-order valence-corrected chi connectivity index (χ4v) is 3.05. The standard InChI is InChI=1S/C20H26N4O3/c1-3-26-17-7-5-16(6-8-17)15-20(25)24-13-11-23(12-14-24)18-9-10-19(22-21-18)27-4-2/h5-10H,3-4,11-15H2,1-2H3. The second-order valence-corrected chi connectivity index (χ2v) is 6.28. The number of benzene rings is 1. The summed E-state index contributed by atoms with van der Waals surface area (Å²) < 4.78 is 10.8. The maximum absolute atomic E-state index is 12.6. The van der Waals surface area contributed by atoms with Gasteiger partial charge >= 0.3 is 0 Å². The van der Waals surface area contributed by atoms with Gasteiger partial charge in [0.05, 0.1) is 19.6 Å². The van der Waals surface area contributed by atoms with E-state index in [1.165, 1.54) is 0 Å². The van der Waals surface area contributed by atoms with Gasteiger partial charge in [0.15, 0.2) is 5.82 Å². The van der Waals surface area contributed by atoms with Crippen molar-refractivity contribution in [2.75, 3.05) is 44.3 Å². The second kappa shape index (κ2) is 9.21. The summed E-state index contributed by atoms with van der Waals surface area (Å²) >= 11 is 0. The van der Waals surface area contributed by atoms with E-state index in [0.717, 1.165) is 30.2 Å². The van der Waals surface area contributed by atoms with E-state index in [1.807, 2.05) is 55.1 Å². The number of carbonyl (C=O) groups is 1. The minimum atomic E-state index is 0.150. The summed E-state index contributed by atoms with van der Waals surface area (Å²) in [5.74, 6) is 2.33. The van der Waals surface area contributed by atoms with E-state index in [1.54, 1.807) is 0 Å². The minimum Gasteiger partial charge on any atom is -0.494 e. The first-order valence-electron chi connectivity index (χ1n) is 9.40. The number of piperazine rings is 1. The molecule has 1 amide bonds. The summed E-state index contributed by atoms with van der Waals surface area (Å²) in [5.41, 5.74) is 1.00. The molecule has 0 unspecified atom stereocenters. The van der Waals surface area contributed by atoms with Crippen LogP contribution in [0.5, 0.6) is 11.6 Å². The van der Waals surface area contributed by atoms with Gasteiger partial charge < -0.3 is 19.3 Å². The fraction of sp³-hybridized carbons (Fsp3) is 0.450. The first-order valence-corrected chi connectivity index (χ1v) is 9.40. The smallest absolute Gasteiger partial charge is 0.233 e. The summed E-state index contributed by atoms with van der Waals surface area (Å²) in [5, 5.41) is 8.29. The van der Waals surface area contributed by atoms with E-state index in [-0.39, 0.29) is 5.91 Å². The van der Waals surface area contributed by atoms with Crippen LogP contribution in [-0.2, 0) is 11.2 Å². The van der Waals surface area contributed by atoms with Crippen molar-refractivity contribution < 1.29 is 14.3 Å². The normalized spacial score (nSPS) is 14.1. The molecule has 1 fully saturated rings. The Labute approximate surface area is 159 Å². The van der Waals surface area contributed by atoms with E-state index < -0.39 is 0 Å². The van der Waals surface area contributed by atoms with Gasteiger partial charge in [-0.3, -0.25) is 4.79 Å². The number of aromatic nitrogens is 2. The zero-order valence-corrected chi connectivity index (χ0v) is 15.9. The van der Waals surface area contributed by atoms with Crippen LogP contribution in [0.25, 0.3) is 0 Å². The van der Waals surface area contributed by atoms with E-state index in [4.69, 9.17) is 9.47 Å². The molecule has 3 rings (SSSR count). The van der Waals surface area contributed by atoms with Crippen LogP contribution in [0.15, 0.2) is 36.4 Å². The molecule has 1 aliphatic rings. The van der Waals surface area contributed by atoms with Gasteiger partial charge in [0.2, 0.25) is 11.8 Å². The Morgan fingerprint density at radius 1 is 0.926 bits per heavy atom. The number of hydrogen-bond acceptors (Lipinski definition) is 6. The molecule has 0 spiro atoms. The van der Waals surface area contributed by atoms with E-state index in [0.29, 0.717) is 38.6 Å². The molecule has 1 aromatic carbocycles. The molecule has 0 saturated carbocycles. The molecule has 2 aromatic rings. The Morgan fingerprint density at radius 3 is 2.22 bits per heavy atom. The third kappa shape index (κ3) is 5.09. The summed E-state index contributed by atoms with van der Waals surface area (Å²) in [7, 11) is 0. The molecule has 7 heteroatoms. The molecule has 2 heterocycles. The molecular formula is C20H26N4O3. The number of anilines is 1. The van der Waals surface area contributed by atoms with Gasteiger partial charge in [0, 0.05) is 32.2 Å². The molecule has 0 radical (unpaired) electrons. The van der Waals surface area contributed by atoms with Crippen LogP contribution < -0.4 is 14.4 Å². The van der Waals surface area contributed by atoms with Gasteiger partial charge in [-0.05, 0) is 37.6 Å². The molecule has 1 saturated heterocycles. The lowest BCUT2D eigenvalue weighted by molar-refractivity contribution is -0.130. The van der Waals surface area contributed by atoms with Crippen molar-refractivity contribution in [1.82, 2.24) is 15.1 Å². The van der Waals surface area contributed by atoms with Crippen molar-refractivity contribution in [2.45, 2.75) is 20.3 Å². The van der Waals surface area contributed by atoms with Crippen molar-refractivity contribution in [3.8, 4) is 11.6 Å². The van der Waals surface area contributed by atoms with E-state index >= 15 is 0 Å². The first-order chi connectivity index (χ1) is 13.2. The van der Waals surface area contributed by atoms with E-state index in [2.05, 4.69) is 15.1 Å². The first kappa shape index (κ1) is 18.9. The highest BCUT2D eigenvalue weighted by atomic mass is 16.5. The lowest BCUT2D eigenvalue weighted by Gasteiger charge is -2.35. The van der Waals surface area contributed by atoms with Crippen LogP contribution in [0.1, 0.15) is 19.4 Å². The molecule has 0 bridgehead atoms. The molecular weight excluding hydrogens is 344 g/mol. The van der Waals surface area contributed by atoms with Crippen molar-refractivity contribution >= 4 is 11.7 Å². The number of hydrogen-bond donors (Lipinski definition) is 0. The SMILES string of the molecule is CCOc1ccc(CC(=O)N2CCN(c3ccc(OCC)nn3)CC2)cc1. The third-order valence-electron chi connectivity index (χ3n) is 4.46. The van der Waals surface area contributed by atoms with E-state index in [9.17, 15) is 4.79 Å². The second-order valence-electron chi connectivity index (χ2n) is 6.28. The lowest BCUT2D eigenvalue weighted by Crippen LogP contribution is -2.49. The highest BCUT2D eigenvalue weighted by Crippen LogP contribution is 2.17. The average Bonchev–Trinajstić information content (AvgIpc) is 2.71. The highest BCUT2D eigenvalue weighted by molar-refractivity contribution is 5.79. The van der Waals surface area contributed by atoms with Crippen LogP contribution in [-0.4, -0.2) is 60.4 Å². The number of nitrogens with zero attached hydrogens (tertiary/aromatic N) is 4. The van der Waals surface area contributed by atoms with Gasteiger partial charge in [0.1, 0.15) is 5.75 Å². The summed E-state index contributed by atoms with van der Waals surface area (Å²) in [6, 6.07) is 11.5. The van der Waals surface area contributed by atoms with Gasteiger partial charge in [-0.1, -0.05) is 12.1 Å². The molecule has 0 atom stereocenters. The van der Waals surface area contributed by atoms with Crippen molar-refractivity contribution in [2.24, 2.45) is 0 Å². The average molecular weight is 370 g/mol. The van der Waals surface area contributed by atoms with Crippen LogP contribution >= 0.6 is 0 Å². The number of ether oxygens (including phenoxy) is 2. The Bertz CT molecular complexity index is 726. The largest absolute Gasteiger partial charge is 0.494 e. The number of carbonyl (C=O) groups excluding carboxylic acids is 1. The maximum Gasteiger partial charge on any atom is 0.233 e. The predicted octanol–water partition coefficient (Wildman–Crippen LogP) is 2.17. The van der Waals surface area contributed by atoms with Crippen LogP contribution in [0.3, 0.4) is 0 Å². The Hall–Kier alpha value is -2.83. The van der Waals surface area contributed by atoms with Crippen molar-refractivity contribution in [1.29, 1.82) is 0 Å². The lowest BCUT2D eigenvalue weighted by atomic mass is 10.1. The molecule has 144 valence electrons. The minimum absolute atomic E-state index is 0.150. The predicted molar refractivity (Wildman–Crippen MR) is 103 cm³/mol. The van der Waals surface area contributed by atoms with Gasteiger partial charge in [-0.25, -0.2) is 0 Å². The Morgan fingerprint density at radius 2 is 1.63 bits per heavy atom. The Balaban J connectivity index is 1.50. The molecule has 27 heavy (non-hydrogen) atoms. The monoisotopic (exact) mass is 370 g/mol. The van der Waals surface area contributed by atoms with Crippen molar-refractivity contribution in [3.05, 3.63) is 42.0 Å². The zero-order chi connectivity index (χ0) is 19.1. The highest BCUT2D eigenvalue weighted by Gasteiger charge is 2.22. The number of amides is 1. The summed E-state index contributed by atoms with van der Waals surface area (Å²) in [6.45, 7) is 7.95. The molecule has 7 nitrogen and oxygen atoms in total. The molecule has 1 aliphatic heterocycles. The fourth-order valence-electron chi connectivity index (χ4n) is 3.05. The van der Waals surface area contributed by atoms with Gasteiger partial charge in [0.25, 0.3) is 0 Å².